The number of amides is 1. The van der Waals surface area contributed by atoms with Crippen LogP contribution < -0.4 is 5.32 Å². The molecule has 2 rings (SSSR count). The van der Waals surface area contributed by atoms with Crippen LogP contribution in [0.2, 0.25) is 0 Å². The number of carbonyl (C=O) groups is 1. The SMILES string of the molecule is CCc1ccccc1NC(=O)C(C)SCc1ccccc1. The molecule has 3 heteroatoms. The number of benzene rings is 2. The van der Waals surface area contributed by atoms with E-state index in [4.69, 9.17) is 0 Å². The number of thioether (sulfide) groups is 1. The molecule has 2 aromatic rings. The van der Waals surface area contributed by atoms with Gasteiger partial charge in [-0.05, 0) is 30.5 Å². The fourth-order valence-corrected chi connectivity index (χ4v) is 2.90. The van der Waals surface area contributed by atoms with E-state index in [0.717, 1.165) is 17.9 Å². The van der Waals surface area contributed by atoms with E-state index in [1.807, 2.05) is 43.3 Å². The highest BCUT2D eigenvalue weighted by molar-refractivity contribution is 7.99. The molecule has 2 nitrogen and oxygen atoms in total. The molecule has 0 aliphatic rings. The third kappa shape index (κ3) is 4.64. The largest absolute Gasteiger partial charge is 0.325 e. The van der Waals surface area contributed by atoms with Gasteiger partial charge >= 0.3 is 0 Å². The van der Waals surface area contributed by atoms with Gasteiger partial charge in [-0.2, -0.15) is 0 Å². The lowest BCUT2D eigenvalue weighted by molar-refractivity contribution is -0.115. The number of para-hydroxylation sites is 1. The summed E-state index contributed by atoms with van der Waals surface area (Å²) in [6, 6.07) is 18.2. The molecule has 0 bridgehead atoms. The van der Waals surface area contributed by atoms with Gasteiger partial charge in [0.1, 0.15) is 0 Å². The van der Waals surface area contributed by atoms with Crippen molar-refractivity contribution in [2.75, 3.05) is 5.32 Å². The van der Waals surface area contributed by atoms with Gasteiger partial charge in [-0.25, -0.2) is 0 Å². The maximum atomic E-state index is 12.3. The van der Waals surface area contributed by atoms with E-state index in [9.17, 15) is 4.79 Å². The van der Waals surface area contributed by atoms with E-state index in [1.165, 1.54) is 11.1 Å². The molecule has 1 amide bonds. The highest BCUT2D eigenvalue weighted by Crippen LogP contribution is 2.21. The van der Waals surface area contributed by atoms with E-state index >= 15 is 0 Å². The molecule has 2 aromatic carbocycles. The lowest BCUT2D eigenvalue weighted by Gasteiger charge is -2.14. The van der Waals surface area contributed by atoms with E-state index < -0.39 is 0 Å². The Morgan fingerprint density at radius 1 is 1.10 bits per heavy atom. The molecule has 0 saturated carbocycles. The first-order chi connectivity index (χ1) is 10.2. The molecule has 0 aliphatic carbocycles. The van der Waals surface area contributed by atoms with Crippen molar-refractivity contribution in [1.29, 1.82) is 0 Å². The Balaban J connectivity index is 1.90. The Kier molecular flexibility index (Phi) is 5.88. The Morgan fingerprint density at radius 3 is 2.48 bits per heavy atom. The molecular weight excluding hydrogens is 278 g/mol. The third-order valence-corrected chi connectivity index (χ3v) is 4.58. The minimum absolute atomic E-state index is 0.0665. The first kappa shape index (κ1) is 15.6. The second kappa shape index (κ2) is 7.89. The molecule has 0 aromatic heterocycles. The zero-order valence-electron chi connectivity index (χ0n) is 12.5. The zero-order valence-corrected chi connectivity index (χ0v) is 13.3. The van der Waals surface area contributed by atoms with Crippen molar-refractivity contribution in [3.05, 3.63) is 65.7 Å². The molecule has 1 N–H and O–H groups in total. The highest BCUT2D eigenvalue weighted by Gasteiger charge is 2.14. The van der Waals surface area contributed by atoms with Crippen molar-refractivity contribution >= 4 is 23.4 Å². The summed E-state index contributed by atoms with van der Waals surface area (Å²) in [4.78, 5) is 12.3. The summed E-state index contributed by atoms with van der Waals surface area (Å²) in [5.74, 6) is 0.919. The van der Waals surface area contributed by atoms with Crippen molar-refractivity contribution in [2.24, 2.45) is 0 Å². The second-order valence-electron chi connectivity index (χ2n) is 4.94. The number of anilines is 1. The van der Waals surface area contributed by atoms with Crippen LogP contribution in [0.1, 0.15) is 25.0 Å². The van der Waals surface area contributed by atoms with Gasteiger partial charge in [0.15, 0.2) is 0 Å². The molecule has 21 heavy (non-hydrogen) atoms. The summed E-state index contributed by atoms with van der Waals surface area (Å²) in [5.41, 5.74) is 3.35. The van der Waals surface area contributed by atoms with Gasteiger partial charge in [-0.15, -0.1) is 11.8 Å². The summed E-state index contributed by atoms with van der Waals surface area (Å²) in [6.07, 6.45) is 0.919. The first-order valence-electron chi connectivity index (χ1n) is 7.25. The van der Waals surface area contributed by atoms with Crippen LogP contribution in [-0.4, -0.2) is 11.2 Å². The van der Waals surface area contributed by atoms with Gasteiger partial charge in [0, 0.05) is 11.4 Å². The Morgan fingerprint density at radius 2 is 1.76 bits per heavy atom. The summed E-state index contributed by atoms with van der Waals surface area (Å²) in [6.45, 7) is 4.05. The summed E-state index contributed by atoms with van der Waals surface area (Å²) < 4.78 is 0. The second-order valence-corrected chi connectivity index (χ2v) is 6.27. The number of hydrogen-bond donors (Lipinski definition) is 1. The minimum atomic E-state index is -0.0740. The zero-order chi connectivity index (χ0) is 15.1. The Bertz CT molecular complexity index is 583. The predicted octanol–water partition coefficient (Wildman–Crippen LogP) is 4.51. The fourth-order valence-electron chi connectivity index (χ4n) is 2.06. The topological polar surface area (TPSA) is 29.1 Å². The Hall–Kier alpha value is -1.74. The van der Waals surface area contributed by atoms with E-state index in [-0.39, 0.29) is 11.2 Å². The highest BCUT2D eigenvalue weighted by atomic mass is 32.2. The number of rotatable bonds is 6. The third-order valence-electron chi connectivity index (χ3n) is 3.37. The van der Waals surface area contributed by atoms with Gasteiger partial charge in [0.05, 0.1) is 5.25 Å². The molecule has 0 fully saturated rings. The van der Waals surface area contributed by atoms with Gasteiger partial charge in [0.2, 0.25) is 5.91 Å². The Labute approximate surface area is 131 Å². The van der Waals surface area contributed by atoms with Crippen LogP contribution in [0, 0.1) is 0 Å². The molecule has 0 aliphatic heterocycles. The number of aryl methyl sites for hydroxylation is 1. The van der Waals surface area contributed by atoms with Crippen LogP contribution >= 0.6 is 11.8 Å². The lowest BCUT2D eigenvalue weighted by Crippen LogP contribution is -2.23. The lowest BCUT2D eigenvalue weighted by atomic mass is 10.1. The maximum absolute atomic E-state index is 12.3. The van der Waals surface area contributed by atoms with Gasteiger partial charge in [-0.1, -0.05) is 55.5 Å². The van der Waals surface area contributed by atoms with Gasteiger partial charge < -0.3 is 5.32 Å². The van der Waals surface area contributed by atoms with Gasteiger partial charge in [0.25, 0.3) is 0 Å². The predicted molar refractivity (Wildman–Crippen MR) is 91.6 cm³/mol. The van der Waals surface area contributed by atoms with Crippen molar-refractivity contribution < 1.29 is 4.79 Å². The number of hydrogen-bond acceptors (Lipinski definition) is 2. The standard InChI is InChI=1S/C18H21NOS/c1-3-16-11-7-8-12-17(16)19-18(20)14(2)21-13-15-9-5-4-6-10-15/h4-12,14H,3,13H2,1-2H3,(H,19,20). The van der Waals surface area contributed by atoms with Crippen LogP contribution in [0.4, 0.5) is 5.69 Å². The van der Waals surface area contributed by atoms with Crippen LogP contribution in [-0.2, 0) is 17.0 Å². The molecule has 1 unspecified atom stereocenters. The van der Waals surface area contributed by atoms with Crippen LogP contribution in [0.15, 0.2) is 54.6 Å². The monoisotopic (exact) mass is 299 g/mol. The van der Waals surface area contributed by atoms with E-state index in [1.54, 1.807) is 11.8 Å². The fraction of sp³-hybridized carbons (Fsp3) is 0.278. The van der Waals surface area contributed by atoms with Gasteiger partial charge in [-0.3, -0.25) is 4.79 Å². The molecule has 0 saturated heterocycles. The van der Waals surface area contributed by atoms with E-state index in [0.29, 0.717) is 0 Å². The van der Waals surface area contributed by atoms with Crippen LogP contribution in [0.5, 0.6) is 0 Å². The summed E-state index contributed by atoms with van der Waals surface area (Å²) in [7, 11) is 0. The summed E-state index contributed by atoms with van der Waals surface area (Å²) >= 11 is 1.66. The average Bonchev–Trinajstić information content (AvgIpc) is 2.54. The van der Waals surface area contributed by atoms with Crippen molar-refractivity contribution in [3.63, 3.8) is 0 Å². The first-order valence-corrected chi connectivity index (χ1v) is 8.30. The van der Waals surface area contributed by atoms with Crippen LogP contribution in [0.25, 0.3) is 0 Å². The summed E-state index contributed by atoms with van der Waals surface area (Å²) in [5, 5.41) is 2.96. The van der Waals surface area contributed by atoms with Crippen molar-refractivity contribution in [3.8, 4) is 0 Å². The minimum Gasteiger partial charge on any atom is -0.325 e. The van der Waals surface area contributed by atoms with Crippen molar-refractivity contribution in [1.82, 2.24) is 0 Å². The molecule has 0 heterocycles. The molecule has 0 radical (unpaired) electrons. The molecular formula is C18H21NOS. The van der Waals surface area contributed by atoms with Crippen molar-refractivity contribution in [2.45, 2.75) is 31.3 Å². The molecule has 1 atom stereocenters. The van der Waals surface area contributed by atoms with E-state index in [2.05, 4.69) is 30.4 Å². The quantitative estimate of drug-likeness (QED) is 0.850. The van der Waals surface area contributed by atoms with Crippen LogP contribution in [0.3, 0.4) is 0 Å². The number of nitrogens with one attached hydrogen (secondary N) is 1. The average molecular weight is 299 g/mol. The maximum Gasteiger partial charge on any atom is 0.237 e. The smallest absolute Gasteiger partial charge is 0.237 e. The molecule has 110 valence electrons. The normalized spacial score (nSPS) is 11.9. The molecule has 0 spiro atoms. The number of carbonyl (C=O) groups excluding carboxylic acids is 1.